The van der Waals surface area contributed by atoms with E-state index >= 15 is 0 Å². The normalized spacial score (nSPS) is 12.0. The van der Waals surface area contributed by atoms with Crippen LogP contribution >= 0.6 is 11.3 Å². The molecule has 5 nitrogen and oxygen atoms in total. The van der Waals surface area contributed by atoms with Gasteiger partial charge < -0.3 is 15.4 Å². The number of para-hydroxylation sites is 1. The molecular weight excluding hydrogens is 298 g/mol. The van der Waals surface area contributed by atoms with Gasteiger partial charge >= 0.3 is 0 Å². The zero-order chi connectivity index (χ0) is 16.1. The Labute approximate surface area is 134 Å². The average molecular weight is 319 g/mol. The highest BCUT2D eigenvalue weighted by Gasteiger charge is 2.21. The van der Waals surface area contributed by atoms with E-state index in [-0.39, 0.29) is 11.9 Å². The molecule has 1 amide bonds. The van der Waals surface area contributed by atoms with Crippen molar-refractivity contribution in [3.8, 4) is 5.75 Å². The van der Waals surface area contributed by atoms with E-state index in [2.05, 4.69) is 4.98 Å². The molecule has 1 atom stereocenters. The Morgan fingerprint density at radius 3 is 2.82 bits per heavy atom. The van der Waals surface area contributed by atoms with Crippen LogP contribution in [0.15, 0.2) is 29.6 Å². The second kappa shape index (κ2) is 7.38. The van der Waals surface area contributed by atoms with Crippen LogP contribution in [-0.4, -0.2) is 36.0 Å². The molecule has 0 saturated heterocycles. The SMILES string of the molecule is COc1ccccc1CC(C)N(C)C(=O)c1csc(CN)n1. The lowest BCUT2D eigenvalue weighted by atomic mass is 10.0. The van der Waals surface area contributed by atoms with Crippen molar-refractivity contribution in [3.63, 3.8) is 0 Å². The Hall–Kier alpha value is -1.92. The molecule has 1 unspecified atom stereocenters. The van der Waals surface area contributed by atoms with Gasteiger partial charge in [0.2, 0.25) is 0 Å². The number of thiazole rings is 1. The highest BCUT2D eigenvalue weighted by atomic mass is 32.1. The van der Waals surface area contributed by atoms with E-state index in [0.717, 1.165) is 22.7 Å². The molecule has 6 heteroatoms. The van der Waals surface area contributed by atoms with Crippen molar-refractivity contribution in [2.75, 3.05) is 14.2 Å². The number of nitrogens with two attached hydrogens (primary N) is 1. The third kappa shape index (κ3) is 3.64. The summed E-state index contributed by atoms with van der Waals surface area (Å²) in [5.74, 6) is 0.757. The number of rotatable bonds is 6. The van der Waals surface area contributed by atoms with Crippen molar-refractivity contribution in [3.05, 3.63) is 45.9 Å². The van der Waals surface area contributed by atoms with Crippen molar-refractivity contribution < 1.29 is 9.53 Å². The first kappa shape index (κ1) is 16.5. The van der Waals surface area contributed by atoms with Crippen LogP contribution in [-0.2, 0) is 13.0 Å². The van der Waals surface area contributed by atoms with Crippen LogP contribution in [0.5, 0.6) is 5.75 Å². The maximum absolute atomic E-state index is 12.5. The summed E-state index contributed by atoms with van der Waals surface area (Å²) in [5.41, 5.74) is 7.08. The van der Waals surface area contributed by atoms with E-state index in [9.17, 15) is 4.79 Å². The minimum absolute atomic E-state index is 0.0341. The Morgan fingerprint density at radius 1 is 1.45 bits per heavy atom. The van der Waals surface area contributed by atoms with Crippen molar-refractivity contribution in [1.82, 2.24) is 9.88 Å². The lowest BCUT2D eigenvalue weighted by molar-refractivity contribution is 0.0737. The fourth-order valence-electron chi connectivity index (χ4n) is 2.21. The molecule has 0 radical (unpaired) electrons. The summed E-state index contributed by atoms with van der Waals surface area (Å²) < 4.78 is 5.36. The predicted octanol–water partition coefficient (Wildman–Crippen LogP) is 2.31. The summed E-state index contributed by atoms with van der Waals surface area (Å²) in [7, 11) is 3.45. The zero-order valence-corrected chi connectivity index (χ0v) is 13.9. The van der Waals surface area contributed by atoms with Gasteiger partial charge in [-0.25, -0.2) is 4.98 Å². The number of carbonyl (C=O) groups is 1. The fourth-order valence-corrected chi connectivity index (χ4v) is 2.86. The highest BCUT2D eigenvalue weighted by molar-refractivity contribution is 7.09. The van der Waals surface area contributed by atoms with Gasteiger partial charge in [-0.1, -0.05) is 18.2 Å². The summed E-state index contributed by atoms with van der Waals surface area (Å²) >= 11 is 1.41. The fraction of sp³-hybridized carbons (Fsp3) is 0.375. The monoisotopic (exact) mass is 319 g/mol. The third-order valence-corrected chi connectivity index (χ3v) is 4.51. The Balaban J connectivity index is 2.08. The largest absolute Gasteiger partial charge is 0.496 e. The number of hydrogen-bond donors (Lipinski definition) is 1. The molecule has 0 spiro atoms. The molecule has 1 aromatic heterocycles. The van der Waals surface area contributed by atoms with Gasteiger partial charge in [-0.3, -0.25) is 4.79 Å². The van der Waals surface area contributed by atoms with Gasteiger partial charge in [0.25, 0.3) is 5.91 Å². The van der Waals surface area contributed by atoms with Crippen molar-refractivity contribution in [1.29, 1.82) is 0 Å². The van der Waals surface area contributed by atoms with Crippen LogP contribution in [0.1, 0.15) is 28.0 Å². The van der Waals surface area contributed by atoms with Crippen LogP contribution in [0.4, 0.5) is 0 Å². The number of methoxy groups -OCH3 is 1. The van der Waals surface area contributed by atoms with Crippen LogP contribution in [0.25, 0.3) is 0 Å². The molecule has 1 heterocycles. The molecular formula is C16H21N3O2S. The van der Waals surface area contributed by atoms with Gasteiger partial charge in [0.05, 0.1) is 7.11 Å². The van der Waals surface area contributed by atoms with Crippen LogP contribution in [0.3, 0.4) is 0 Å². The minimum Gasteiger partial charge on any atom is -0.496 e. The number of carbonyl (C=O) groups excluding carboxylic acids is 1. The number of likely N-dealkylation sites (N-methyl/N-ethyl adjacent to an activating group) is 1. The molecule has 2 rings (SSSR count). The number of ether oxygens (including phenoxy) is 1. The van der Waals surface area contributed by atoms with E-state index in [1.54, 1.807) is 24.4 Å². The van der Waals surface area contributed by atoms with Gasteiger partial charge in [-0.05, 0) is 25.0 Å². The Morgan fingerprint density at radius 2 is 2.18 bits per heavy atom. The Bertz CT molecular complexity index is 642. The molecule has 0 aliphatic carbocycles. The number of benzene rings is 1. The van der Waals surface area contributed by atoms with Gasteiger partial charge in [0.1, 0.15) is 16.5 Å². The first-order valence-corrected chi connectivity index (χ1v) is 7.98. The number of nitrogens with zero attached hydrogens (tertiary/aromatic N) is 2. The maximum Gasteiger partial charge on any atom is 0.273 e. The smallest absolute Gasteiger partial charge is 0.273 e. The van der Waals surface area contributed by atoms with E-state index in [4.69, 9.17) is 10.5 Å². The standard InChI is InChI=1S/C16H21N3O2S/c1-11(8-12-6-4-5-7-14(12)21-3)19(2)16(20)13-10-22-15(9-17)18-13/h4-7,10-11H,8-9,17H2,1-3H3. The van der Waals surface area contributed by atoms with E-state index in [1.165, 1.54) is 11.3 Å². The maximum atomic E-state index is 12.5. The van der Waals surface area contributed by atoms with E-state index < -0.39 is 0 Å². The van der Waals surface area contributed by atoms with Gasteiger partial charge in [0, 0.05) is 25.0 Å². The summed E-state index contributed by atoms with van der Waals surface area (Å²) in [6.07, 6.45) is 0.722. The molecule has 0 fully saturated rings. The lowest BCUT2D eigenvalue weighted by Crippen LogP contribution is -2.36. The zero-order valence-electron chi connectivity index (χ0n) is 13.1. The molecule has 2 aromatic rings. The van der Waals surface area contributed by atoms with Crippen LogP contribution in [0.2, 0.25) is 0 Å². The molecule has 0 bridgehead atoms. The topological polar surface area (TPSA) is 68.5 Å². The third-order valence-electron chi connectivity index (χ3n) is 3.63. The molecule has 118 valence electrons. The molecule has 22 heavy (non-hydrogen) atoms. The first-order valence-electron chi connectivity index (χ1n) is 7.10. The van der Waals surface area contributed by atoms with Gasteiger partial charge in [-0.2, -0.15) is 0 Å². The highest BCUT2D eigenvalue weighted by Crippen LogP contribution is 2.21. The van der Waals surface area contributed by atoms with Crippen molar-refractivity contribution in [2.24, 2.45) is 5.73 Å². The molecule has 0 aliphatic rings. The van der Waals surface area contributed by atoms with E-state index in [0.29, 0.717) is 12.2 Å². The Kier molecular flexibility index (Phi) is 5.51. The first-order chi connectivity index (χ1) is 10.6. The summed E-state index contributed by atoms with van der Waals surface area (Å²) in [5, 5.41) is 2.53. The van der Waals surface area contributed by atoms with Gasteiger partial charge in [-0.15, -0.1) is 11.3 Å². The second-order valence-electron chi connectivity index (χ2n) is 5.11. The number of hydrogen-bond acceptors (Lipinski definition) is 5. The van der Waals surface area contributed by atoms with Gasteiger partial charge in [0.15, 0.2) is 0 Å². The lowest BCUT2D eigenvalue weighted by Gasteiger charge is -2.25. The molecule has 2 N–H and O–H groups in total. The molecule has 1 aromatic carbocycles. The van der Waals surface area contributed by atoms with Crippen LogP contribution in [0, 0.1) is 0 Å². The minimum atomic E-state index is -0.0849. The second-order valence-corrected chi connectivity index (χ2v) is 6.05. The summed E-state index contributed by atoms with van der Waals surface area (Å²) in [4.78, 5) is 18.4. The predicted molar refractivity (Wildman–Crippen MR) is 88.3 cm³/mol. The number of aromatic nitrogens is 1. The molecule has 0 saturated carbocycles. The quantitative estimate of drug-likeness (QED) is 0.887. The van der Waals surface area contributed by atoms with E-state index in [1.807, 2.05) is 31.2 Å². The van der Waals surface area contributed by atoms with Crippen LogP contribution < -0.4 is 10.5 Å². The summed E-state index contributed by atoms with van der Waals surface area (Å²) in [6, 6.07) is 7.89. The number of amides is 1. The molecule has 0 aliphatic heterocycles. The van der Waals surface area contributed by atoms with Crippen molar-refractivity contribution in [2.45, 2.75) is 25.9 Å². The van der Waals surface area contributed by atoms with Crippen molar-refractivity contribution >= 4 is 17.2 Å². The summed E-state index contributed by atoms with van der Waals surface area (Å²) in [6.45, 7) is 2.37. The average Bonchev–Trinajstić information content (AvgIpc) is 3.03.